The highest BCUT2D eigenvalue weighted by Crippen LogP contribution is 2.44. The van der Waals surface area contributed by atoms with E-state index in [1.165, 1.54) is 5.10 Å². The largest absolute Gasteiger partial charge is 0.434 e. The Morgan fingerprint density at radius 1 is 1.00 bits per heavy atom. The van der Waals surface area contributed by atoms with Crippen molar-refractivity contribution in [1.82, 2.24) is 10.2 Å². The summed E-state index contributed by atoms with van der Waals surface area (Å²) in [6.07, 6.45) is -9.43. The Hall–Kier alpha value is -1.46. The fraction of sp³-hybridized carbons (Fsp3) is 0.250. The molecule has 0 spiro atoms. The predicted molar refractivity (Wildman–Crippen MR) is 77.2 cm³/mol. The zero-order valence-corrected chi connectivity index (χ0v) is 14.2. The lowest BCUT2D eigenvalue weighted by Crippen LogP contribution is -2.12. The average molecular weight is 427 g/mol. The first-order valence-electron chi connectivity index (χ1n) is 6.06. The van der Waals surface area contributed by atoms with Crippen molar-refractivity contribution in [2.75, 3.05) is 6.26 Å². The van der Waals surface area contributed by atoms with E-state index in [1.807, 2.05) is 0 Å². The van der Waals surface area contributed by atoms with Crippen molar-refractivity contribution in [3.8, 4) is 11.3 Å². The minimum Gasteiger partial charge on any atom is -0.272 e. The van der Waals surface area contributed by atoms with E-state index in [9.17, 15) is 34.8 Å². The zero-order valence-electron chi connectivity index (χ0n) is 11.9. The number of halogens is 8. The number of hydrogen-bond acceptors (Lipinski definition) is 3. The summed E-state index contributed by atoms with van der Waals surface area (Å²) < 4.78 is 101. The van der Waals surface area contributed by atoms with Crippen LogP contribution in [0, 0.1) is 0 Å². The third kappa shape index (κ3) is 3.87. The summed E-state index contributed by atoms with van der Waals surface area (Å²) in [5.74, 6) is 0. The lowest BCUT2D eigenvalue weighted by atomic mass is 10.1. The van der Waals surface area contributed by atoms with E-state index in [1.54, 1.807) is 0 Å². The average Bonchev–Trinajstić information content (AvgIpc) is 2.81. The van der Waals surface area contributed by atoms with Crippen molar-refractivity contribution in [3.63, 3.8) is 0 Å². The molecule has 2 aromatic rings. The number of benzene rings is 1. The van der Waals surface area contributed by atoms with E-state index in [4.69, 9.17) is 23.2 Å². The normalized spacial score (nSPS) is 13.3. The maximum atomic E-state index is 13.0. The van der Waals surface area contributed by atoms with Crippen LogP contribution in [-0.4, -0.2) is 24.9 Å². The van der Waals surface area contributed by atoms with E-state index >= 15 is 0 Å². The molecular weight excluding hydrogens is 421 g/mol. The van der Waals surface area contributed by atoms with Crippen LogP contribution in [0.1, 0.15) is 11.3 Å². The van der Waals surface area contributed by atoms with E-state index in [2.05, 4.69) is 5.10 Å². The first kappa shape index (κ1) is 19.9. The molecule has 1 aromatic carbocycles. The number of alkyl halides is 6. The summed E-state index contributed by atoms with van der Waals surface area (Å²) in [4.78, 5) is -1.26. The van der Waals surface area contributed by atoms with Gasteiger partial charge in [0.2, 0.25) is 0 Å². The van der Waals surface area contributed by atoms with Crippen molar-refractivity contribution >= 4 is 33.0 Å². The lowest BCUT2D eigenvalue weighted by molar-refractivity contribution is -0.143. The van der Waals surface area contributed by atoms with Gasteiger partial charge in [0.25, 0.3) is 0 Å². The molecule has 0 amide bonds. The standard InChI is InChI=1S/C12H6Cl2F6N2O2S/c1-25(23,24)9-8(21-22-10(9)12(18,19)20)7-5(13)2-4(3-6(7)14)11(15,16)17/h2-3H,1H3,(H,21,22). The molecule has 0 atom stereocenters. The van der Waals surface area contributed by atoms with Crippen LogP contribution >= 0.6 is 23.2 Å². The maximum Gasteiger partial charge on any atom is 0.434 e. The van der Waals surface area contributed by atoms with Gasteiger partial charge in [-0.25, -0.2) is 8.42 Å². The molecule has 0 bridgehead atoms. The highest BCUT2D eigenvalue weighted by atomic mass is 35.5. The van der Waals surface area contributed by atoms with Crippen molar-refractivity contribution in [2.45, 2.75) is 17.2 Å². The summed E-state index contributed by atoms with van der Waals surface area (Å²) in [5.41, 5.74) is -4.32. The van der Waals surface area contributed by atoms with Gasteiger partial charge >= 0.3 is 12.4 Å². The molecule has 0 aliphatic carbocycles. The first-order chi connectivity index (χ1) is 11.1. The first-order valence-corrected chi connectivity index (χ1v) is 8.71. The molecule has 0 saturated heterocycles. The lowest BCUT2D eigenvalue weighted by Gasteiger charge is -2.12. The number of H-pyrrole nitrogens is 1. The molecule has 0 radical (unpaired) electrons. The minimum atomic E-state index is -5.10. The number of sulfone groups is 1. The molecule has 0 fully saturated rings. The van der Waals surface area contributed by atoms with Gasteiger partial charge in [0.15, 0.2) is 15.5 Å². The summed E-state index contributed by atoms with van der Waals surface area (Å²) in [6.45, 7) is 0. The van der Waals surface area contributed by atoms with E-state index in [-0.39, 0.29) is 0 Å². The molecule has 2 rings (SSSR count). The molecule has 1 N–H and O–H groups in total. The fourth-order valence-corrected chi connectivity index (χ4v) is 3.71. The summed E-state index contributed by atoms with van der Waals surface area (Å²) in [5, 5.41) is 3.38. The second-order valence-corrected chi connectivity index (χ2v) is 7.63. The van der Waals surface area contributed by atoms with Crippen LogP contribution < -0.4 is 0 Å². The maximum absolute atomic E-state index is 13.0. The van der Waals surface area contributed by atoms with E-state index < -0.39 is 59.6 Å². The molecule has 0 saturated carbocycles. The van der Waals surface area contributed by atoms with Crippen LogP contribution in [0.2, 0.25) is 10.0 Å². The molecular formula is C12H6Cl2F6N2O2S. The Morgan fingerprint density at radius 3 is 1.84 bits per heavy atom. The van der Waals surface area contributed by atoms with Gasteiger partial charge in [-0.2, -0.15) is 31.4 Å². The molecule has 0 aliphatic heterocycles. The number of aromatic nitrogens is 2. The molecule has 4 nitrogen and oxygen atoms in total. The molecule has 25 heavy (non-hydrogen) atoms. The van der Waals surface area contributed by atoms with Crippen molar-refractivity contribution in [1.29, 1.82) is 0 Å². The van der Waals surface area contributed by atoms with E-state index in [0.29, 0.717) is 18.4 Å². The summed E-state index contributed by atoms with van der Waals surface area (Å²) in [6, 6.07) is 0.827. The Morgan fingerprint density at radius 2 is 1.48 bits per heavy atom. The van der Waals surface area contributed by atoms with Crippen molar-refractivity contribution in [2.24, 2.45) is 0 Å². The van der Waals surface area contributed by atoms with Crippen LogP contribution in [0.15, 0.2) is 17.0 Å². The van der Waals surface area contributed by atoms with Gasteiger partial charge in [0.05, 0.1) is 15.6 Å². The highest BCUT2D eigenvalue weighted by Gasteiger charge is 2.42. The van der Waals surface area contributed by atoms with Crippen LogP contribution in [0.4, 0.5) is 26.3 Å². The van der Waals surface area contributed by atoms with Crippen LogP contribution in [-0.2, 0) is 22.2 Å². The highest BCUT2D eigenvalue weighted by molar-refractivity contribution is 7.90. The van der Waals surface area contributed by atoms with Gasteiger partial charge in [0, 0.05) is 11.8 Å². The van der Waals surface area contributed by atoms with Crippen LogP contribution in [0.5, 0.6) is 0 Å². The molecule has 0 aliphatic rings. The van der Waals surface area contributed by atoms with Gasteiger partial charge in [0.1, 0.15) is 10.6 Å². The number of rotatable bonds is 2. The van der Waals surface area contributed by atoms with Crippen molar-refractivity contribution < 1.29 is 34.8 Å². The third-order valence-corrected chi connectivity index (χ3v) is 4.72. The second-order valence-electron chi connectivity index (χ2n) is 4.86. The molecule has 0 unspecified atom stereocenters. The molecule has 13 heteroatoms. The Labute approximate surface area is 146 Å². The topological polar surface area (TPSA) is 62.8 Å². The summed E-state index contributed by atoms with van der Waals surface area (Å²) >= 11 is 11.4. The number of nitrogens with one attached hydrogen (secondary N) is 1. The SMILES string of the molecule is CS(=O)(=O)c1c(-c2c(Cl)cc(C(F)(F)F)cc2Cl)n[nH]c1C(F)(F)F. The van der Waals surface area contributed by atoms with Gasteiger partial charge in [-0.15, -0.1) is 0 Å². The second kappa shape index (κ2) is 6.06. The third-order valence-electron chi connectivity index (χ3n) is 2.98. The van der Waals surface area contributed by atoms with Crippen LogP contribution in [0.25, 0.3) is 11.3 Å². The number of hydrogen-bond donors (Lipinski definition) is 1. The molecule has 138 valence electrons. The predicted octanol–water partition coefficient (Wildman–Crippen LogP) is 4.82. The van der Waals surface area contributed by atoms with Gasteiger partial charge in [-0.1, -0.05) is 23.2 Å². The number of nitrogens with zero attached hydrogens (tertiary/aromatic N) is 1. The molecule has 1 heterocycles. The van der Waals surface area contributed by atoms with Gasteiger partial charge < -0.3 is 0 Å². The fourth-order valence-electron chi connectivity index (χ4n) is 2.02. The summed E-state index contributed by atoms with van der Waals surface area (Å²) in [7, 11) is -4.48. The molecule has 1 aromatic heterocycles. The van der Waals surface area contributed by atoms with Gasteiger partial charge in [-0.05, 0) is 12.1 Å². The zero-order chi connectivity index (χ0) is 19.4. The monoisotopic (exact) mass is 426 g/mol. The Bertz CT molecular complexity index is 911. The van der Waals surface area contributed by atoms with Crippen molar-refractivity contribution in [3.05, 3.63) is 33.4 Å². The number of aromatic amines is 1. The minimum absolute atomic E-state index is 0.413. The quantitative estimate of drug-likeness (QED) is 0.699. The smallest absolute Gasteiger partial charge is 0.272 e. The van der Waals surface area contributed by atoms with Crippen LogP contribution in [0.3, 0.4) is 0 Å². The van der Waals surface area contributed by atoms with E-state index in [0.717, 1.165) is 0 Å². The Kier molecular flexibility index (Phi) is 4.81. The van der Waals surface area contributed by atoms with Gasteiger partial charge in [-0.3, -0.25) is 5.10 Å². The Balaban J connectivity index is 2.83.